The number of carbonyl (C=O) groups is 3. The van der Waals surface area contributed by atoms with Crippen LogP contribution in [0.15, 0.2) is 24.3 Å². The van der Waals surface area contributed by atoms with E-state index in [2.05, 4.69) is 10.6 Å². The molecule has 1 aliphatic carbocycles. The highest BCUT2D eigenvalue weighted by molar-refractivity contribution is 7.19. The fourth-order valence-electron chi connectivity index (χ4n) is 2.69. The zero-order chi connectivity index (χ0) is 21.3. The molecule has 6 nitrogen and oxygen atoms in total. The van der Waals surface area contributed by atoms with E-state index < -0.39 is 23.6 Å². The van der Waals surface area contributed by atoms with E-state index in [4.69, 9.17) is 4.74 Å². The summed E-state index contributed by atoms with van der Waals surface area (Å²) in [6.45, 7) is 1.51. The Bertz CT molecular complexity index is 980. The SMILES string of the molecule is COC(=O)c1c(NC(=O)C2CC2)sc(C(=O)Nc2cccc(C(F)(F)F)c2)c1C. The number of alkyl halides is 3. The van der Waals surface area contributed by atoms with E-state index in [1.807, 2.05) is 0 Å². The largest absolute Gasteiger partial charge is 0.465 e. The van der Waals surface area contributed by atoms with E-state index in [-0.39, 0.29) is 38.5 Å². The van der Waals surface area contributed by atoms with Crippen LogP contribution in [0.2, 0.25) is 0 Å². The van der Waals surface area contributed by atoms with Crippen molar-refractivity contribution in [1.82, 2.24) is 0 Å². The van der Waals surface area contributed by atoms with Gasteiger partial charge in [-0.3, -0.25) is 9.59 Å². The van der Waals surface area contributed by atoms with Crippen molar-refractivity contribution >= 4 is 39.8 Å². The quantitative estimate of drug-likeness (QED) is 0.692. The number of esters is 1. The maximum Gasteiger partial charge on any atom is 0.416 e. The average molecular weight is 426 g/mol. The average Bonchev–Trinajstić information content (AvgIpc) is 3.45. The zero-order valence-corrected chi connectivity index (χ0v) is 16.3. The molecule has 3 rings (SSSR count). The molecule has 2 aromatic rings. The van der Waals surface area contributed by atoms with Crippen molar-refractivity contribution in [3.8, 4) is 0 Å². The summed E-state index contributed by atoms with van der Waals surface area (Å²) in [5.74, 6) is -1.78. The summed E-state index contributed by atoms with van der Waals surface area (Å²) in [5.41, 5.74) is -0.607. The second-order valence-electron chi connectivity index (χ2n) is 6.55. The number of methoxy groups -OCH3 is 1. The van der Waals surface area contributed by atoms with Crippen molar-refractivity contribution in [2.24, 2.45) is 5.92 Å². The Kier molecular flexibility index (Phi) is 5.65. The number of nitrogens with one attached hydrogen (secondary N) is 2. The van der Waals surface area contributed by atoms with E-state index in [0.29, 0.717) is 0 Å². The molecular weight excluding hydrogens is 409 g/mol. The first kappa shape index (κ1) is 20.8. The molecule has 0 saturated heterocycles. The second-order valence-corrected chi connectivity index (χ2v) is 7.57. The highest BCUT2D eigenvalue weighted by atomic mass is 32.1. The smallest absolute Gasteiger partial charge is 0.416 e. The van der Waals surface area contributed by atoms with Crippen LogP contribution in [0.5, 0.6) is 0 Å². The summed E-state index contributed by atoms with van der Waals surface area (Å²) < 4.78 is 43.3. The molecular formula is C19H17F3N2O4S. The lowest BCUT2D eigenvalue weighted by molar-refractivity contribution is -0.137. The van der Waals surface area contributed by atoms with E-state index in [1.54, 1.807) is 0 Å². The van der Waals surface area contributed by atoms with Crippen molar-refractivity contribution < 1.29 is 32.3 Å². The number of rotatable bonds is 5. The number of thiophene rings is 1. The molecule has 1 aromatic heterocycles. The number of ether oxygens (including phenoxy) is 1. The summed E-state index contributed by atoms with van der Waals surface area (Å²) in [6, 6.07) is 4.22. The second kappa shape index (κ2) is 7.86. The molecule has 10 heteroatoms. The lowest BCUT2D eigenvalue weighted by Gasteiger charge is -2.09. The fraction of sp³-hybridized carbons (Fsp3) is 0.316. The Morgan fingerprint density at radius 1 is 1.17 bits per heavy atom. The number of carbonyl (C=O) groups excluding carboxylic acids is 3. The predicted octanol–water partition coefficient (Wildman–Crippen LogP) is 4.46. The molecule has 0 spiro atoms. The molecule has 1 saturated carbocycles. The monoisotopic (exact) mass is 426 g/mol. The third-order valence-corrected chi connectivity index (χ3v) is 5.58. The minimum absolute atomic E-state index is 0.0409. The van der Waals surface area contributed by atoms with Crippen LogP contribution in [0.3, 0.4) is 0 Å². The predicted molar refractivity (Wildman–Crippen MR) is 101 cm³/mol. The molecule has 1 fully saturated rings. The fourth-order valence-corrected chi connectivity index (χ4v) is 3.78. The van der Waals surface area contributed by atoms with E-state index in [0.717, 1.165) is 36.3 Å². The Morgan fingerprint density at radius 3 is 2.45 bits per heavy atom. The van der Waals surface area contributed by atoms with Gasteiger partial charge in [-0.05, 0) is 43.5 Å². The Morgan fingerprint density at radius 2 is 1.86 bits per heavy atom. The van der Waals surface area contributed by atoms with Crippen molar-refractivity contribution in [2.45, 2.75) is 25.9 Å². The third-order valence-electron chi connectivity index (χ3n) is 4.38. The molecule has 0 radical (unpaired) electrons. The minimum atomic E-state index is -4.54. The van der Waals surface area contributed by atoms with Crippen molar-refractivity contribution in [3.63, 3.8) is 0 Å². The molecule has 0 bridgehead atoms. The number of hydrogen-bond donors (Lipinski definition) is 2. The van der Waals surface area contributed by atoms with Gasteiger partial charge in [-0.25, -0.2) is 4.79 Å². The molecule has 154 valence electrons. The lowest BCUT2D eigenvalue weighted by atomic mass is 10.1. The van der Waals surface area contributed by atoms with Gasteiger partial charge in [0.15, 0.2) is 0 Å². The molecule has 0 unspecified atom stereocenters. The van der Waals surface area contributed by atoms with Gasteiger partial charge in [0.1, 0.15) is 5.00 Å². The van der Waals surface area contributed by atoms with Crippen LogP contribution < -0.4 is 10.6 Å². The van der Waals surface area contributed by atoms with E-state index >= 15 is 0 Å². The minimum Gasteiger partial charge on any atom is -0.465 e. The Balaban J connectivity index is 1.89. The summed E-state index contributed by atoms with van der Waals surface area (Å²) >= 11 is 0.873. The molecule has 0 atom stereocenters. The van der Waals surface area contributed by atoms with Gasteiger partial charge < -0.3 is 15.4 Å². The highest BCUT2D eigenvalue weighted by Gasteiger charge is 2.33. The van der Waals surface area contributed by atoms with Crippen LogP contribution in [0.4, 0.5) is 23.9 Å². The number of benzene rings is 1. The van der Waals surface area contributed by atoms with Crippen LogP contribution in [0.1, 0.15) is 44.0 Å². The van der Waals surface area contributed by atoms with Crippen LogP contribution in [-0.2, 0) is 15.7 Å². The Hall–Kier alpha value is -2.88. The molecule has 1 aromatic carbocycles. The molecule has 2 amide bonds. The molecule has 2 N–H and O–H groups in total. The summed E-state index contributed by atoms with van der Waals surface area (Å²) in [6.07, 6.45) is -3.03. The summed E-state index contributed by atoms with van der Waals surface area (Å²) in [4.78, 5) is 37.0. The van der Waals surface area contributed by atoms with Gasteiger partial charge >= 0.3 is 12.1 Å². The van der Waals surface area contributed by atoms with Gasteiger partial charge in [-0.2, -0.15) is 13.2 Å². The number of halogens is 3. The van der Waals surface area contributed by atoms with E-state index in [9.17, 15) is 27.6 Å². The van der Waals surface area contributed by atoms with Gasteiger partial charge in [-0.15, -0.1) is 11.3 Å². The van der Waals surface area contributed by atoms with Gasteiger partial charge in [0.05, 0.1) is 23.1 Å². The molecule has 29 heavy (non-hydrogen) atoms. The molecule has 1 aliphatic rings. The lowest BCUT2D eigenvalue weighted by Crippen LogP contribution is -2.15. The third kappa shape index (κ3) is 4.58. The molecule has 0 aliphatic heterocycles. The number of amides is 2. The Labute approximate surface area is 168 Å². The zero-order valence-electron chi connectivity index (χ0n) is 15.5. The van der Waals surface area contributed by atoms with Crippen molar-refractivity contribution in [2.75, 3.05) is 17.7 Å². The number of hydrogen-bond acceptors (Lipinski definition) is 5. The van der Waals surface area contributed by atoms with Crippen LogP contribution in [0.25, 0.3) is 0 Å². The topological polar surface area (TPSA) is 84.5 Å². The van der Waals surface area contributed by atoms with E-state index in [1.165, 1.54) is 26.2 Å². The molecule has 1 heterocycles. The first-order valence-electron chi connectivity index (χ1n) is 8.63. The summed E-state index contributed by atoms with van der Waals surface area (Å²) in [7, 11) is 1.17. The van der Waals surface area contributed by atoms with Gasteiger partial charge in [0.25, 0.3) is 5.91 Å². The standard InChI is InChI=1S/C19H17F3N2O4S/c1-9-13(18(27)28-2)17(24-15(25)10-6-7-10)29-14(9)16(26)23-12-5-3-4-11(8-12)19(20,21)22/h3-5,8,10H,6-7H2,1-2H3,(H,23,26)(H,24,25). The van der Waals surface area contributed by atoms with Crippen molar-refractivity contribution in [3.05, 3.63) is 45.8 Å². The number of anilines is 2. The first-order valence-corrected chi connectivity index (χ1v) is 9.44. The highest BCUT2D eigenvalue weighted by Crippen LogP contribution is 2.37. The van der Waals surface area contributed by atoms with Crippen LogP contribution >= 0.6 is 11.3 Å². The first-order chi connectivity index (χ1) is 13.6. The van der Waals surface area contributed by atoms with Gasteiger partial charge in [0, 0.05) is 11.6 Å². The van der Waals surface area contributed by atoms with Crippen LogP contribution in [0, 0.1) is 12.8 Å². The van der Waals surface area contributed by atoms with Gasteiger partial charge in [0.2, 0.25) is 5.91 Å². The maximum atomic E-state index is 12.9. The van der Waals surface area contributed by atoms with Gasteiger partial charge in [-0.1, -0.05) is 6.07 Å². The summed E-state index contributed by atoms with van der Waals surface area (Å²) in [5, 5.41) is 5.23. The normalized spacial score (nSPS) is 13.7. The van der Waals surface area contributed by atoms with Crippen molar-refractivity contribution in [1.29, 1.82) is 0 Å². The maximum absolute atomic E-state index is 12.9. The van der Waals surface area contributed by atoms with Crippen LogP contribution in [-0.4, -0.2) is 24.9 Å².